The van der Waals surface area contributed by atoms with Crippen LogP contribution in [0.15, 0.2) is 12.1 Å². The first-order valence-electron chi connectivity index (χ1n) is 7.66. The summed E-state index contributed by atoms with van der Waals surface area (Å²) in [6.07, 6.45) is 1.54. The van der Waals surface area contributed by atoms with Crippen LogP contribution < -0.4 is 9.47 Å². The van der Waals surface area contributed by atoms with Gasteiger partial charge in [-0.25, -0.2) is 0 Å². The standard InChI is InChI=1S/C17H21NO4/c1-4-10-9-18-13(8-14(10)19)12-7-16(22-3)15(21-2)5-11(12)6-17(18)20/h5,7,10,13H,4,6,8-9H2,1-3H3. The van der Waals surface area contributed by atoms with Crippen molar-refractivity contribution in [3.63, 3.8) is 0 Å². The molecule has 0 saturated carbocycles. The van der Waals surface area contributed by atoms with E-state index in [-0.39, 0.29) is 23.7 Å². The summed E-state index contributed by atoms with van der Waals surface area (Å²) >= 11 is 0. The van der Waals surface area contributed by atoms with Crippen molar-refractivity contribution < 1.29 is 19.1 Å². The Bertz CT molecular complexity index is 625. The largest absolute Gasteiger partial charge is 0.493 e. The summed E-state index contributed by atoms with van der Waals surface area (Å²) in [6, 6.07) is 3.61. The highest BCUT2D eigenvalue weighted by atomic mass is 16.5. The van der Waals surface area contributed by atoms with Gasteiger partial charge in [-0.1, -0.05) is 6.92 Å². The lowest BCUT2D eigenvalue weighted by Crippen LogP contribution is -2.49. The summed E-state index contributed by atoms with van der Waals surface area (Å²) in [6.45, 7) is 2.53. The van der Waals surface area contributed by atoms with Gasteiger partial charge in [-0.15, -0.1) is 0 Å². The van der Waals surface area contributed by atoms with Crippen LogP contribution in [0.1, 0.15) is 36.9 Å². The molecule has 1 amide bonds. The molecule has 2 aliphatic heterocycles. The molecule has 22 heavy (non-hydrogen) atoms. The molecule has 0 spiro atoms. The number of ketones is 1. The van der Waals surface area contributed by atoms with Gasteiger partial charge in [0.1, 0.15) is 5.78 Å². The van der Waals surface area contributed by atoms with E-state index in [9.17, 15) is 9.59 Å². The molecule has 2 heterocycles. The number of methoxy groups -OCH3 is 2. The molecule has 1 saturated heterocycles. The van der Waals surface area contributed by atoms with Crippen molar-refractivity contribution in [1.82, 2.24) is 4.90 Å². The SMILES string of the molecule is CCC1CN2C(=O)Cc3cc(OC)c(OC)cc3C2CC1=O. The molecule has 0 radical (unpaired) electrons. The van der Waals surface area contributed by atoms with E-state index in [2.05, 4.69) is 0 Å². The first-order valence-corrected chi connectivity index (χ1v) is 7.66. The van der Waals surface area contributed by atoms with Gasteiger partial charge in [0, 0.05) is 18.9 Å². The lowest BCUT2D eigenvalue weighted by atomic mass is 9.81. The number of amides is 1. The molecular weight excluding hydrogens is 282 g/mol. The Morgan fingerprint density at radius 1 is 1.18 bits per heavy atom. The molecule has 5 nitrogen and oxygen atoms in total. The third-order valence-corrected chi connectivity index (χ3v) is 4.80. The summed E-state index contributed by atoms with van der Waals surface area (Å²) < 4.78 is 10.7. The Morgan fingerprint density at radius 2 is 1.86 bits per heavy atom. The van der Waals surface area contributed by atoms with Gasteiger partial charge >= 0.3 is 0 Å². The number of ether oxygens (including phenoxy) is 2. The van der Waals surface area contributed by atoms with Crippen molar-refractivity contribution in [3.8, 4) is 11.5 Å². The van der Waals surface area contributed by atoms with Gasteiger partial charge < -0.3 is 14.4 Å². The molecule has 1 aromatic carbocycles. The number of rotatable bonds is 3. The van der Waals surface area contributed by atoms with Crippen molar-refractivity contribution in [2.24, 2.45) is 5.92 Å². The number of hydrogen-bond donors (Lipinski definition) is 0. The molecule has 2 unspecified atom stereocenters. The second-order valence-electron chi connectivity index (χ2n) is 5.92. The van der Waals surface area contributed by atoms with Crippen LogP contribution in [0, 0.1) is 5.92 Å². The molecule has 1 fully saturated rings. The maximum Gasteiger partial charge on any atom is 0.227 e. The zero-order chi connectivity index (χ0) is 15.9. The maximum atomic E-state index is 12.5. The zero-order valence-corrected chi connectivity index (χ0v) is 13.2. The monoisotopic (exact) mass is 303 g/mol. The number of carbonyl (C=O) groups excluding carboxylic acids is 2. The van der Waals surface area contributed by atoms with Crippen molar-refractivity contribution >= 4 is 11.7 Å². The first kappa shape index (κ1) is 14.9. The van der Waals surface area contributed by atoms with Crippen LogP contribution in [0.25, 0.3) is 0 Å². The normalized spacial score (nSPS) is 23.9. The lowest BCUT2D eigenvalue weighted by Gasteiger charge is -2.42. The number of nitrogens with zero attached hydrogens (tertiary/aromatic N) is 1. The smallest absolute Gasteiger partial charge is 0.227 e. The van der Waals surface area contributed by atoms with Gasteiger partial charge in [-0.05, 0) is 29.7 Å². The molecule has 2 aliphatic rings. The Kier molecular flexibility index (Phi) is 3.81. The molecule has 118 valence electrons. The van der Waals surface area contributed by atoms with Gasteiger partial charge in [0.15, 0.2) is 11.5 Å². The summed E-state index contributed by atoms with van der Waals surface area (Å²) in [5.74, 6) is 1.58. The maximum absolute atomic E-state index is 12.5. The number of Topliss-reactive ketones (excluding diaryl/α,β-unsaturated/α-hetero) is 1. The topological polar surface area (TPSA) is 55.8 Å². The Morgan fingerprint density at radius 3 is 2.50 bits per heavy atom. The first-order chi connectivity index (χ1) is 10.6. The fourth-order valence-corrected chi connectivity index (χ4v) is 3.51. The molecule has 0 aromatic heterocycles. The quantitative estimate of drug-likeness (QED) is 0.858. The molecule has 0 bridgehead atoms. The summed E-state index contributed by atoms with van der Waals surface area (Å²) in [7, 11) is 3.17. The molecule has 0 N–H and O–H groups in total. The van der Waals surface area contributed by atoms with Crippen LogP contribution in [0.5, 0.6) is 11.5 Å². The zero-order valence-electron chi connectivity index (χ0n) is 13.2. The van der Waals surface area contributed by atoms with Crippen LogP contribution in [0.4, 0.5) is 0 Å². The summed E-state index contributed by atoms with van der Waals surface area (Å²) in [4.78, 5) is 26.6. The van der Waals surface area contributed by atoms with Gasteiger partial charge in [0.05, 0.1) is 26.7 Å². The van der Waals surface area contributed by atoms with Gasteiger partial charge in [-0.2, -0.15) is 0 Å². The Labute approximate surface area is 130 Å². The van der Waals surface area contributed by atoms with Crippen LogP contribution in [-0.4, -0.2) is 37.4 Å². The second kappa shape index (κ2) is 5.63. The number of benzene rings is 1. The average Bonchev–Trinajstić information content (AvgIpc) is 2.53. The summed E-state index contributed by atoms with van der Waals surface area (Å²) in [5.41, 5.74) is 1.95. The van der Waals surface area contributed by atoms with E-state index < -0.39 is 0 Å². The average molecular weight is 303 g/mol. The lowest BCUT2D eigenvalue weighted by molar-refractivity contribution is -0.142. The highest BCUT2D eigenvalue weighted by molar-refractivity contribution is 5.89. The van der Waals surface area contributed by atoms with Crippen LogP contribution >= 0.6 is 0 Å². The van der Waals surface area contributed by atoms with E-state index in [4.69, 9.17) is 9.47 Å². The molecular formula is C17H21NO4. The predicted octanol–water partition coefficient (Wildman–Crippen LogP) is 2.13. The van der Waals surface area contributed by atoms with E-state index in [1.54, 1.807) is 14.2 Å². The minimum absolute atomic E-state index is 0.0260. The minimum Gasteiger partial charge on any atom is -0.493 e. The Balaban J connectivity index is 2.04. The summed E-state index contributed by atoms with van der Waals surface area (Å²) in [5, 5.41) is 0. The number of fused-ring (bicyclic) bond motifs is 3. The van der Waals surface area contributed by atoms with Crippen LogP contribution in [0.2, 0.25) is 0 Å². The van der Waals surface area contributed by atoms with E-state index in [0.717, 1.165) is 17.5 Å². The third-order valence-electron chi connectivity index (χ3n) is 4.80. The minimum atomic E-state index is -0.161. The highest BCUT2D eigenvalue weighted by Crippen LogP contribution is 2.42. The van der Waals surface area contributed by atoms with E-state index in [0.29, 0.717) is 30.9 Å². The second-order valence-corrected chi connectivity index (χ2v) is 5.92. The fourth-order valence-electron chi connectivity index (χ4n) is 3.51. The van der Waals surface area contributed by atoms with Crippen LogP contribution in [-0.2, 0) is 16.0 Å². The van der Waals surface area contributed by atoms with Gasteiger partial charge in [-0.3, -0.25) is 9.59 Å². The molecule has 3 rings (SSSR count). The predicted molar refractivity (Wildman–Crippen MR) is 81.1 cm³/mol. The third kappa shape index (κ3) is 2.25. The van der Waals surface area contributed by atoms with E-state index in [1.165, 1.54) is 0 Å². The molecule has 2 atom stereocenters. The fraction of sp³-hybridized carbons (Fsp3) is 0.529. The van der Waals surface area contributed by atoms with Crippen molar-refractivity contribution in [2.75, 3.05) is 20.8 Å². The Hall–Kier alpha value is -2.04. The van der Waals surface area contributed by atoms with E-state index >= 15 is 0 Å². The van der Waals surface area contributed by atoms with Gasteiger partial charge in [0.2, 0.25) is 5.91 Å². The molecule has 0 aliphatic carbocycles. The van der Waals surface area contributed by atoms with Gasteiger partial charge in [0.25, 0.3) is 0 Å². The molecule has 5 heteroatoms. The van der Waals surface area contributed by atoms with Crippen molar-refractivity contribution in [2.45, 2.75) is 32.2 Å². The van der Waals surface area contributed by atoms with Crippen molar-refractivity contribution in [3.05, 3.63) is 23.3 Å². The van der Waals surface area contributed by atoms with Crippen molar-refractivity contribution in [1.29, 1.82) is 0 Å². The van der Waals surface area contributed by atoms with E-state index in [1.807, 2.05) is 24.0 Å². The van der Waals surface area contributed by atoms with Crippen LogP contribution in [0.3, 0.4) is 0 Å². The number of hydrogen-bond acceptors (Lipinski definition) is 4. The highest BCUT2D eigenvalue weighted by Gasteiger charge is 2.41. The molecule has 1 aromatic rings. The number of carbonyl (C=O) groups is 2. The number of piperidine rings is 1.